The summed E-state index contributed by atoms with van der Waals surface area (Å²) in [5.74, 6) is 0.170. The van der Waals surface area contributed by atoms with Crippen LogP contribution in [0, 0.1) is 13.8 Å². The second-order valence-corrected chi connectivity index (χ2v) is 10.8. The Balaban J connectivity index is 1.63. The predicted octanol–water partition coefficient (Wildman–Crippen LogP) is 7.85. The van der Waals surface area contributed by atoms with E-state index in [-0.39, 0.29) is 17.6 Å². The van der Waals surface area contributed by atoms with Gasteiger partial charge < -0.3 is 0 Å². The molecule has 2 heterocycles. The molecular formula is C31H32N2OS2. The number of ketones is 1. The van der Waals surface area contributed by atoms with Gasteiger partial charge in [0.25, 0.3) is 0 Å². The van der Waals surface area contributed by atoms with Gasteiger partial charge >= 0.3 is 0 Å². The highest BCUT2D eigenvalue weighted by molar-refractivity contribution is 7.98. The van der Waals surface area contributed by atoms with Crippen LogP contribution in [0.3, 0.4) is 0 Å². The molecule has 0 aliphatic heterocycles. The van der Waals surface area contributed by atoms with Crippen LogP contribution in [0.15, 0.2) is 95.0 Å². The van der Waals surface area contributed by atoms with Gasteiger partial charge in [-0.05, 0) is 85.0 Å². The normalized spacial score (nSPS) is 12.8. The highest BCUT2D eigenvalue weighted by Gasteiger charge is 2.23. The summed E-state index contributed by atoms with van der Waals surface area (Å²) < 4.78 is 0. The van der Waals surface area contributed by atoms with Gasteiger partial charge in [0.1, 0.15) is 5.78 Å². The van der Waals surface area contributed by atoms with Crippen LogP contribution in [0.2, 0.25) is 0 Å². The van der Waals surface area contributed by atoms with Gasteiger partial charge in [0.2, 0.25) is 0 Å². The Morgan fingerprint density at radius 2 is 0.972 bits per heavy atom. The summed E-state index contributed by atoms with van der Waals surface area (Å²) in [6, 6.07) is 25.4. The van der Waals surface area contributed by atoms with Gasteiger partial charge in [-0.1, -0.05) is 36.4 Å². The van der Waals surface area contributed by atoms with Crippen molar-refractivity contribution in [3.05, 3.63) is 119 Å². The average molecular weight is 513 g/mol. The molecule has 0 fully saturated rings. The second kappa shape index (κ2) is 12.4. The zero-order chi connectivity index (χ0) is 25.5. The highest BCUT2D eigenvalue weighted by Crippen LogP contribution is 2.34. The van der Waals surface area contributed by atoms with Gasteiger partial charge in [-0.15, -0.1) is 23.5 Å². The first-order chi connectivity index (χ1) is 17.5. The molecule has 184 valence electrons. The smallest absolute Gasteiger partial charge is 0.134 e. The van der Waals surface area contributed by atoms with Gasteiger partial charge in [0.15, 0.2) is 0 Å². The number of hydrogen-bond donors (Lipinski definition) is 0. The van der Waals surface area contributed by atoms with Crippen molar-refractivity contribution in [3.63, 3.8) is 0 Å². The molecule has 0 amide bonds. The number of pyridine rings is 2. The summed E-state index contributed by atoms with van der Waals surface area (Å²) in [6.07, 6.45) is 8.85. The maximum atomic E-state index is 13.7. The molecule has 0 aliphatic rings. The number of benzene rings is 2. The number of aromatic nitrogens is 2. The molecule has 3 nitrogen and oxygen atoms in total. The molecule has 2 atom stereocenters. The molecule has 0 N–H and O–H groups in total. The molecule has 0 spiro atoms. The topological polar surface area (TPSA) is 42.9 Å². The van der Waals surface area contributed by atoms with Gasteiger partial charge in [0, 0.05) is 58.2 Å². The first-order valence-electron chi connectivity index (χ1n) is 12.1. The van der Waals surface area contributed by atoms with Crippen molar-refractivity contribution in [2.24, 2.45) is 0 Å². The fourth-order valence-electron chi connectivity index (χ4n) is 4.44. The van der Waals surface area contributed by atoms with Crippen LogP contribution >= 0.6 is 23.5 Å². The van der Waals surface area contributed by atoms with Crippen molar-refractivity contribution in [1.82, 2.24) is 9.97 Å². The Labute approximate surface area is 223 Å². The van der Waals surface area contributed by atoms with Crippen LogP contribution in [-0.4, -0.2) is 28.3 Å². The monoisotopic (exact) mass is 512 g/mol. The predicted molar refractivity (Wildman–Crippen MR) is 152 cm³/mol. The third-order valence-electron chi connectivity index (χ3n) is 6.57. The van der Waals surface area contributed by atoms with E-state index in [1.54, 1.807) is 23.5 Å². The molecule has 36 heavy (non-hydrogen) atoms. The zero-order valence-electron chi connectivity index (χ0n) is 21.3. The molecule has 4 aromatic rings. The Kier molecular flexibility index (Phi) is 9.00. The number of nitrogens with zero attached hydrogens (tertiary/aromatic N) is 2. The summed E-state index contributed by atoms with van der Waals surface area (Å²) in [6.45, 7) is 3.97. The number of hydrogen-bond acceptors (Lipinski definition) is 5. The standard InChI is InChI=1S/C31H32N2OS2/c1-21-5-7-25(19-32-21)30(23-9-13-28(35-3)14-10-23)17-27(34)18-31(26-8-6-22(2)33-20-26)24-11-15-29(36-4)16-12-24/h5-16,19-20,30-31H,17-18H2,1-4H3. The molecular weight excluding hydrogens is 480 g/mol. The third-order valence-corrected chi connectivity index (χ3v) is 8.06. The summed E-state index contributed by atoms with van der Waals surface area (Å²) in [5.41, 5.74) is 6.38. The van der Waals surface area contributed by atoms with Crippen LogP contribution in [-0.2, 0) is 4.79 Å². The van der Waals surface area contributed by atoms with E-state index in [2.05, 4.69) is 83.1 Å². The number of Topliss-reactive ketones (excluding diaryl/α,β-unsaturated/α-hetero) is 1. The average Bonchev–Trinajstić information content (AvgIpc) is 2.92. The van der Waals surface area contributed by atoms with Crippen molar-refractivity contribution in [3.8, 4) is 0 Å². The molecule has 0 radical (unpaired) electrons. The van der Waals surface area contributed by atoms with Crippen LogP contribution < -0.4 is 0 Å². The van der Waals surface area contributed by atoms with E-state index in [0.29, 0.717) is 12.8 Å². The second-order valence-electron chi connectivity index (χ2n) is 9.06. The lowest BCUT2D eigenvalue weighted by Gasteiger charge is -2.21. The third kappa shape index (κ3) is 6.65. The Bertz CT molecular complexity index is 1170. The van der Waals surface area contributed by atoms with Crippen LogP contribution in [0.4, 0.5) is 0 Å². The molecule has 2 unspecified atom stereocenters. The minimum Gasteiger partial charge on any atom is -0.300 e. The lowest BCUT2D eigenvalue weighted by molar-refractivity contribution is -0.119. The molecule has 0 saturated heterocycles. The Morgan fingerprint density at radius 3 is 1.28 bits per heavy atom. The lowest BCUT2D eigenvalue weighted by atomic mass is 9.83. The molecule has 0 bridgehead atoms. The largest absolute Gasteiger partial charge is 0.300 e. The fraction of sp³-hybridized carbons (Fsp3) is 0.258. The maximum absolute atomic E-state index is 13.7. The number of carbonyl (C=O) groups is 1. The summed E-state index contributed by atoms with van der Waals surface area (Å²) in [4.78, 5) is 25.2. The summed E-state index contributed by atoms with van der Waals surface area (Å²) in [7, 11) is 0. The fourth-order valence-corrected chi connectivity index (χ4v) is 5.25. The Morgan fingerprint density at radius 1 is 0.611 bits per heavy atom. The SMILES string of the molecule is CSc1ccc(C(CC(=O)CC(c2ccc(SC)cc2)c2ccc(C)nc2)c2ccc(C)nc2)cc1. The first kappa shape index (κ1) is 26.2. The number of rotatable bonds is 10. The molecule has 2 aromatic carbocycles. The molecule has 2 aromatic heterocycles. The van der Waals surface area contributed by atoms with E-state index >= 15 is 0 Å². The lowest BCUT2D eigenvalue weighted by Crippen LogP contribution is -2.14. The molecule has 5 heteroatoms. The van der Waals surface area contributed by atoms with Crippen molar-refractivity contribution < 1.29 is 4.79 Å². The highest BCUT2D eigenvalue weighted by atomic mass is 32.2. The van der Waals surface area contributed by atoms with Crippen LogP contribution in [0.5, 0.6) is 0 Å². The number of aryl methyl sites for hydroxylation is 2. The van der Waals surface area contributed by atoms with E-state index in [1.807, 2.05) is 38.4 Å². The van der Waals surface area contributed by atoms with Crippen molar-refractivity contribution in [2.45, 2.75) is 48.3 Å². The van der Waals surface area contributed by atoms with E-state index < -0.39 is 0 Å². The quantitative estimate of drug-likeness (QED) is 0.202. The number of carbonyl (C=O) groups excluding carboxylic acids is 1. The summed E-state index contributed by atoms with van der Waals surface area (Å²) in [5, 5.41) is 0. The zero-order valence-corrected chi connectivity index (χ0v) is 22.9. The van der Waals surface area contributed by atoms with Gasteiger partial charge in [-0.3, -0.25) is 14.8 Å². The molecule has 4 rings (SSSR count). The van der Waals surface area contributed by atoms with Crippen LogP contribution in [0.1, 0.15) is 58.3 Å². The van der Waals surface area contributed by atoms with Crippen molar-refractivity contribution >= 4 is 29.3 Å². The molecule has 0 aliphatic carbocycles. The minimum atomic E-state index is -0.0304. The first-order valence-corrected chi connectivity index (χ1v) is 14.6. The van der Waals surface area contributed by atoms with E-state index in [1.165, 1.54) is 9.79 Å². The van der Waals surface area contributed by atoms with Crippen molar-refractivity contribution in [1.29, 1.82) is 0 Å². The maximum Gasteiger partial charge on any atom is 0.134 e. The van der Waals surface area contributed by atoms with E-state index in [9.17, 15) is 4.79 Å². The van der Waals surface area contributed by atoms with Gasteiger partial charge in [0.05, 0.1) is 0 Å². The number of thioether (sulfide) groups is 2. The van der Waals surface area contributed by atoms with Gasteiger partial charge in [-0.2, -0.15) is 0 Å². The van der Waals surface area contributed by atoms with Crippen molar-refractivity contribution in [2.75, 3.05) is 12.5 Å². The van der Waals surface area contributed by atoms with E-state index in [0.717, 1.165) is 33.6 Å². The Hall–Kier alpha value is -2.89. The minimum absolute atomic E-state index is 0.0304. The molecule has 0 saturated carbocycles. The van der Waals surface area contributed by atoms with E-state index in [4.69, 9.17) is 0 Å². The summed E-state index contributed by atoms with van der Waals surface area (Å²) >= 11 is 3.44. The van der Waals surface area contributed by atoms with Crippen LogP contribution in [0.25, 0.3) is 0 Å². The van der Waals surface area contributed by atoms with Gasteiger partial charge in [-0.25, -0.2) is 0 Å².